The fourth-order valence-corrected chi connectivity index (χ4v) is 13.1. The maximum absolute atomic E-state index is 15.5. The Morgan fingerprint density at radius 1 is 0.433 bits per heavy atom. The average Bonchev–Trinajstić information content (AvgIpc) is 3.25. The van der Waals surface area contributed by atoms with Crippen LogP contribution < -0.4 is 0 Å². The van der Waals surface area contributed by atoms with Gasteiger partial charge in [0.05, 0.1) is 11.8 Å². The SMILES string of the molecule is CCCCCCC1=C2Cc3cc4c5cc3C=C2[C@@H](CCCCCC)C2C(=O)c3cc6c(cc3C(=O)C12)C(=O)C1C(CCCCCC)=C(C4)C(=C5)[C@H](CCCCCC)C1C6=O. The summed E-state index contributed by atoms with van der Waals surface area (Å²) in [6, 6.07) is 8.40. The molecule has 60 heavy (non-hydrogen) atoms. The van der Waals surface area contributed by atoms with Crippen LogP contribution in [0.15, 0.2) is 57.7 Å². The summed E-state index contributed by atoms with van der Waals surface area (Å²) >= 11 is 0. The molecule has 0 spiro atoms. The molecule has 0 bridgehead atoms. The molecule has 0 N–H and O–H groups in total. The van der Waals surface area contributed by atoms with Crippen LogP contribution in [0.3, 0.4) is 0 Å². The third-order valence-electron chi connectivity index (χ3n) is 16.1. The van der Waals surface area contributed by atoms with E-state index in [1.54, 1.807) is 12.1 Å². The largest absolute Gasteiger partial charge is 0.294 e. The fraction of sp³-hybridized carbons (Fsp3) is 0.571. The Kier molecular flexibility index (Phi) is 12.1. The molecule has 0 fully saturated rings. The Hall–Kier alpha value is -3.92. The van der Waals surface area contributed by atoms with Crippen LogP contribution in [0.5, 0.6) is 0 Å². The van der Waals surface area contributed by atoms with Crippen LogP contribution in [0, 0.1) is 35.5 Å². The van der Waals surface area contributed by atoms with Gasteiger partial charge < -0.3 is 0 Å². The van der Waals surface area contributed by atoms with Crippen molar-refractivity contribution in [2.75, 3.05) is 0 Å². The molecule has 4 heteroatoms. The van der Waals surface area contributed by atoms with E-state index in [4.69, 9.17) is 0 Å². The predicted molar refractivity (Wildman–Crippen MR) is 244 cm³/mol. The van der Waals surface area contributed by atoms with E-state index < -0.39 is 23.7 Å². The highest BCUT2D eigenvalue weighted by atomic mass is 16.2. The van der Waals surface area contributed by atoms with Gasteiger partial charge in [0.15, 0.2) is 23.1 Å². The minimum atomic E-state index is -0.518. The fourth-order valence-electron chi connectivity index (χ4n) is 13.1. The van der Waals surface area contributed by atoms with Crippen molar-refractivity contribution >= 4 is 35.3 Å². The van der Waals surface area contributed by atoms with Gasteiger partial charge in [-0.2, -0.15) is 0 Å². The number of allylic oxidation sites excluding steroid dienone is 6. The second-order valence-corrected chi connectivity index (χ2v) is 19.8. The van der Waals surface area contributed by atoms with Gasteiger partial charge >= 0.3 is 0 Å². The molecule has 316 valence electrons. The first-order valence-corrected chi connectivity index (χ1v) is 24.7. The lowest BCUT2D eigenvalue weighted by molar-refractivity contribution is 0.0681. The van der Waals surface area contributed by atoms with Crippen LogP contribution in [-0.4, -0.2) is 23.1 Å². The van der Waals surface area contributed by atoms with Crippen molar-refractivity contribution in [2.45, 2.75) is 169 Å². The minimum Gasteiger partial charge on any atom is -0.294 e. The van der Waals surface area contributed by atoms with Gasteiger partial charge in [-0.25, -0.2) is 0 Å². The molecule has 0 saturated carbocycles. The predicted octanol–water partition coefficient (Wildman–Crippen LogP) is 14.2. The lowest BCUT2D eigenvalue weighted by Gasteiger charge is -2.47. The van der Waals surface area contributed by atoms with E-state index in [-0.39, 0.29) is 35.0 Å². The summed E-state index contributed by atoms with van der Waals surface area (Å²) in [7, 11) is 0. The van der Waals surface area contributed by atoms with Crippen molar-refractivity contribution in [1.29, 1.82) is 0 Å². The van der Waals surface area contributed by atoms with Crippen LogP contribution in [0.2, 0.25) is 0 Å². The molecule has 0 saturated heterocycles. The molecule has 8 rings (SSSR count). The minimum absolute atomic E-state index is 0.00380. The number of unbranched alkanes of at least 4 members (excludes halogenated alkanes) is 12. The van der Waals surface area contributed by atoms with Crippen molar-refractivity contribution in [3.8, 4) is 0 Å². The Morgan fingerprint density at radius 3 is 1.22 bits per heavy atom. The first-order valence-electron chi connectivity index (χ1n) is 24.7. The second-order valence-electron chi connectivity index (χ2n) is 19.8. The highest BCUT2D eigenvalue weighted by molar-refractivity contribution is 6.23. The molecule has 4 nitrogen and oxygen atoms in total. The number of rotatable bonds is 20. The summed E-state index contributed by atoms with van der Waals surface area (Å²) in [6.45, 7) is 8.94. The van der Waals surface area contributed by atoms with Crippen LogP contribution in [0.1, 0.15) is 220 Å². The first-order chi connectivity index (χ1) is 29.3. The van der Waals surface area contributed by atoms with E-state index in [0.29, 0.717) is 22.3 Å². The van der Waals surface area contributed by atoms with E-state index in [0.717, 1.165) is 141 Å². The van der Waals surface area contributed by atoms with Crippen LogP contribution in [0.25, 0.3) is 12.2 Å². The normalized spacial score (nSPS) is 25.4. The van der Waals surface area contributed by atoms with E-state index in [1.807, 2.05) is 0 Å². The smallest absolute Gasteiger partial charge is 0.171 e. The molecule has 0 heterocycles. The summed E-state index contributed by atoms with van der Waals surface area (Å²) in [5, 5.41) is 0. The molecule has 4 unspecified atom stereocenters. The molecule has 0 aliphatic heterocycles. The van der Waals surface area contributed by atoms with Crippen LogP contribution in [0.4, 0.5) is 0 Å². The number of Topliss-reactive ketones (excluding diaryl/α,β-unsaturated/α-hetero) is 4. The molecule has 0 radical (unpaired) electrons. The molecule has 2 aromatic carbocycles. The van der Waals surface area contributed by atoms with Crippen molar-refractivity contribution in [1.82, 2.24) is 0 Å². The lowest BCUT2D eigenvalue weighted by atomic mass is 9.54. The molecule has 2 aromatic rings. The van der Waals surface area contributed by atoms with Crippen LogP contribution in [-0.2, 0) is 12.8 Å². The Balaban J connectivity index is 1.31. The van der Waals surface area contributed by atoms with Crippen molar-refractivity contribution in [3.63, 3.8) is 0 Å². The van der Waals surface area contributed by atoms with Gasteiger partial charge in [0.25, 0.3) is 0 Å². The number of hydrogen-bond donors (Lipinski definition) is 0. The second kappa shape index (κ2) is 17.5. The molecule has 6 aliphatic carbocycles. The highest BCUT2D eigenvalue weighted by Crippen LogP contribution is 2.57. The third-order valence-corrected chi connectivity index (χ3v) is 16.1. The van der Waals surface area contributed by atoms with Gasteiger partial charge in [0.2, 0.25) is 0 Å². The van der Waals surface area contributed by atoms with Gasteiger partial charge in [0, 0.05) is 34.1 Å². The number of carbonyl (C=O) groups is 4. The average molecular weight is 805 g/mol. The number of hydrogen-bond acceptors (Lipinski definition) is 4. The van der Waals surface area contributed by atoms with E-state index in [1.165, 1.54) is 55.7 Å². The summed E-state index contributed by atoms with van der Waals surface area (Å²) in [6.07, 6.45) is 27.5. The molecular formula is C56H68O4. The van der Waals surface area contributed by atoms with Gasteiger partial charge in [-0.3, -0.25) is 19.2 Å². The highest BCUT2D eigenvalue weighted by Gasteiger charge is 2.55. The summed E-state index contributed by atoms with van der Waals surface area (Å²) in [5.41, 5.74) is 14.3. The summed E-state index contributed by atoms with van der Waals surface area (Å²) < 4.78 is 0. The van der Waals surface area contributed by atoms with Gasteiger partial charge in [-0.15, -0.1) is 0 Å². The van der Waals surface area contributed by atoms with Crippen molar-refractivity contribution in [3.05, 3.63) is 102 Å². The van der Waals surface area contributed by atoms with E-state index in [2.05, 4.69) is 52.0 Å². The Labute approximate surface area is 359 Å². The summed E-state index contributed by atoms with van der Waals surface area (Å²) in [5.74, 6) is -2.09. The Morgan fingerprint density at radius 2 is 0.817 bits per heavy atom. The quantitative estimate of drug-likeness (QED) is 0.125. The Bertz CT molecular complexity index is 2090. The number of benzene rings is 2. The molecule has 0 amide bonds. The van der Waals surface area contributed by atoms with E-state index >= 15 is 19.2 Å². The topological polar surface area (TPSA) is 68.3 Å². The number of carbonyl (C=O) groups excluding carboxylic acids is 4. The maximum atomic E-state index is 15.5. The monoisotopic (exact) mass is 805 g/mol. The first kappa shape index (κ1) is 41.4. The van der Waals surface area contributed by atoms with Gasteiger partial charge in [-0.05, 0) is 126 Å². The number of fused-ring (bicyclic) bond motifs is 8. The van der Waals surface area contributed by atoms with Gasteiger partial charge in [0.1, 0.15) is 0 Å². The van der Waals surface area contributed by atoms with Crippen molar-refractivity contribution in [2.24, 2.45) is 35.5 Å². The number of ketones is 4. The molecule has 6 atom stereocenters. The molecular weight excluding hydrogens is 737 g/mol. The summed E-state index contributed by atoms with van der Waals surface area (Å²) in [4.78, 5) is 61.9. The molecule has 0 aromatic heterocycles. The van der Waals surface area contributed by atoms with Crippen LogP contribution >= 0.6 is 0 Å². The maximum Gasteiger partial charge on any atom is 0.171 e. The zero-order chi connectivity index (χ0) is 41.7. The van der Waals surface area contributed by atoms with Crippen molar-refractivity contribution < 1.29 is 19.2 Å². The lowest BCUT2D eigenvalue weighted by Crippen LogP contribution is -2.48. The molecule has 6 aliphatic rings. The standard InChI is InChI=1S/C56H68O4/c1-5-9-13-17-21-37-41-27-33-25-35-29-43-39(23-19-15-11-7-3)51-52-40(24-20-16-12-8-4)44(43)30-36(35)26-34(33)28-42(41)38(22-18-14-10-6-2)50-49(37)53(57)45-31-47(55(51)59)48(56(52)60)32-46(45)54(50)58/h25-27,29,31-32,37,39,49-52H,5-24,28,30H2,1-4H3/t37-,39+,49?,50?,51?,52?. The third kappa shape index (κ3) is 6.95. The zero-order valence-corrected chi connectivity index (χ0v) is 37.1. The zero-order valence-electron chi connectivity index (χ0n) is 37.1. The van der Waals surface area contributed by atoms with E-state index in [9.17, 15) is 0 Å². The van der Waals surface area contributed by atoms with Gasteiger partial charge in [-0.1, -0.05) is 147 Å².